The Hall–Kier alpha value is -2.72. The van der Waals surface area contributed by atoms with Crippen LogP contribution in [0.4, 0.5) is 11.4 Å². The Morgan fingerprint density at radius 2 is 1.80 bits per heavy atom. The largest absolute Gasteiger partial charge is 0.497 e. The third kappa shape index (κ3) is 6.29. The molecular weight excluding hydrogens is 488 g/mol. The minimum absolute atomic E-state index is 0.00730. The molecule has 1 atom stereocenters. The number of morpholine rings is 1. The van der Waals surface area contributed by atoms with Crippen molar-refractivity contribution in [1.29, 1.82) is 0 Å². The fourth-order valence-corrected chi connectivity index (χ4v) is 4.81. The molecule has 1 unspecified atom stereocenters. The van der Waals surface area contributed by atoms with Gasteiger partial charge in [0.05, 0.1) is 32.4 Å². The molecule has 2 heterocycles. The first kappa shape index (κ1) is 25.4. The summed E-state index contributed by atoms with van der Waals surface area (Å²) in [6.45, 7) is 4.72. The van der Waals surface area contributed by atoms with Gasteiger partial charge in [0, 0.05) is 36.9 Å². The van der Waals surface area contributed by atoms with E-state index in [0.29, 0.717) is 33.8 Å². The van der Waals surface area contributed by atoms with Crippen LogP contribution in [0.3, 0.4) is 0 Å². The lowest BCUT2D eigenvalue weighted by Crippen LogP contribution is -2.41. The Kier molecular flexibility index (Phi) is 8.56. The van der Waals surface area contributed by atoms with E-state index in [4.69, 9.17) is 33.3 Å². The highest BCUT2D eigenvalue weighted by Crippen LogP contribution is 2.29. The van der Waals surface area contributed by atoms with Crippen LogP contribution in [0, 0.1) is 0 Å². The average Bonchev–Trinajstić information content (AvgIpc) is 3.09. The van der Waals surface area contributed by atoms with Crippen LogP contribution in [0.2, 0.25) is 5.02 Å². The molecule has 2 aromatic rings. The molecule has 1 N–H and O–H groups in total. The second-order valence-electron chi connectivity index (χ2n) is 8.43. The summed E-state index contributed by atoms with van der Waals surface area (Å²) in [5.41, 5.74) is 1.28. The number of anilines is 2. The van der Waals surface area contributed by atoms with Crippen LogP contribution in [-0.4, -0.2) is 79.3 Å². The third-order valence-corrected chi connectivity index (χ3v) is 6.80. The number of nitrogens with one attached hydrogen (secondary N) is 1. The number of nitrogens with zero attached hydrogens (tertiary/aromatic N) is 3. The molecule has 0 spiro atoms. The molecule has 8 nitrogen and oxygen atoms in total. The molecule has 2 saturated heterocycles. The standard InChI is InChI=1S/C25H29ClN4O4S/c1-33-21-9-5-19(6-10-21)27-23(31)17-22-24(32)30(20-7-3-18(26)4-8-20)25(35)29(22)12-2-11-28-13-15-34-16-14-28/h3-10,22H,2,11-17H2,1H3,(H,27,31). The van der Waals surface area contributed by atoms with E-state index in [-0.39, 0.29) is 18.2 Å². The quantitative estimate of drug-likeness (QED) is 0.512. The summed E-state index contributed by atoms with van der Waals surface area (Å²) in [5, 5.41) is 3.85. The maximum atomic E-state index is 13.5. The van der Waals surface area contributed by atoms with E-state index in [2.05, 4.69) is 10.2 Å². The molecule has 2 fully saturated rings. The highest BCUT2D eigenvalue weighted by atomic mass is 35.5. The fourth-order valence-electron chi connectivity index (χ4n) is 4.27. The van der Waals surface area contributed by atoms with E-state index in [1.807, 2.05) is 4.90 Å². The van der Waals surface area contributed by atoms with Crippen molar-refractivity contribution in [3.63, 3.8) is 0 Å². The van der Waals surface area contributed by atoms with Crippen molar-refractivity contribution in [2.75, 3.05) is 56.7 Å². The molecule has 0 aromatic heterocycles. The number of hydrogen-bond acceptors (Lipinski definition) is 6. The van der Waals surface area contributed by atoms with Gasteiger partial charge in [-0.15, -0.1) is 0 Å². The van der Waals surface area contributed by atoms with Gasteiger partial charge in [-0.1, -0.05) is 11.6 Å². The Morgan fingerprint density at radius 1 is 1.11 bits per heavy atom. The molecule has 186 valence electrons. The van der Waals surface area contributed by atoms with Crippen molar-refractivity contribution in [2.24, 2.45) is 0 Å². The lowest BCUT2D eigenvalue weighted by atomic mass is 10.1. The van der Waals surface area contributed by atoms with Crippen molar-refractivity contribution in [1.82, 2.24) is 9.80 Å². The first-order valence-corrected chi connectivity index (χ1v) is 12.4. The molecule has 0 radical (unpaired) electrons. The summed E-state index contributed by atoms with van der Waals surface area (Å²) in [6.07, 6.45) is 0.811. The Labute approximate surface area is 215 Å². The van der Waals surface area contributed by atoms with Crippen LogP contribution in [0.1, 0.15) is 12.8 Å². The number of carbonyl (C=O) groups excluding carboxylic acids is 2. The Morgan fingerprint density at radius 3 is 2.46 bits per heavy atom. The molecule has 2 aliphatic heterocycles. The first-order valence-electron chi connectivity index (χ1n) is 11.6. The normalized spacial score (nSPS) is 18.7. The smallest absolute Gasteiger partial charge is 0.256 e. The van der Waals surface area contributed by atoms with Gasteiger partial charge in [0.2, 0.25) is 5.91 Å². The van der Waals surface area contributed by atoms with Gasteiger partial charge in [0.15, 0.2) is 5.11 Å². The number of ether oxygens (including phenoxy) is 2. The van der Waals surface area contributed by atoms with E-state index < -0.39 is 6.04 Å². The maximum Gasteiger partial charge on any atom is 0.256 e. The second-order valence-corrected chi connectivity index (χ2v) is 9.23. The van der Waals surface area contributed by atoms with Gasteiger partial charge in [0.1, 0.15) is 11.8 Å². The highest BCUT2D eigenvalue weighted by molar-refractivity contribution is 7.80. The summed E-state index contributed by atoms with van der Waals surface area (Å²) in [4.78, 5) is 32.1. The number of hydrogen-bond donors (Lipinski definition) is 1. The van der Waals surface area contributed by atoms with Gasteiger partial charge in [0.25, 0.3) is 5.91 Å². The van der Waals surface area contributed by atoms with Crippen LogP contribution in [0.5, 0.6) is 5.75 Å². The molecule has 2 aliphatic rings. The van der Waals surface area contributed by atoms with Gasteiger partial charge in [-0.2, -0.15) is 0 Å². The second kappa shape index (κ2) is 11.8. The van der Waals surface area contributed by atoms with Gasteiger partial charge in [-0.25, -0.2) is 0 Å². The monoisotopic (exact) mass is 516 g/mol. The highest BCUT2D eigenvalue weighted by Gasteiger charge is 2.43. The fraction of sp³-hybridized carbons (Fsp3) is 0.400. The summed E-state index contributed by atoms with van der Waals surface area (Å²) in [7, 11) is 1.59. The van der Waals surface area contributed by atoms with Gasteiger partial charge in [-0.05, 0) is 67.2 Å². The molecule has 0 aliphatic carbocycles. The molecule has 10 heteroatoms. The van der Waals surface area contributed by atoms with E-state index >= 15 is 0 Å². The molecule has 4 rings (SSSR count). The zero-order valence-electron chi connectivity index (χ0n) is 19.6. The Bertz CT molecular complexity index is 1040. The molecule has 35 heavy (non-hydrogen) atoms. The summed E-state index contributed by atoms with van der Waals surface area (Å²) >= 11 is 11.8. The molecule has 0 bridgehead atoms. The molecular formula is C25H29ClN4O4S. The van der Waals surface area contributed by atoms with Crippen LogP contribution in [-0.2, 0) is 14.3 Å². The molecule has 0 saturated carbocycles. The van der Waals surface area contributed by atoms with Crippen LogP contribution < -0.4 is 15.0 Å². The van der Waals surface area contributed by atoms with Crippen LogP contribution >= 0.6 is 23.8 Å². The number of methoxy groups -OCH3 is 1. The number of rotatable bonds is 9. The minimum Gasteiger partial charge on any atom is -0.497 e. The van der Waals surface area contributed by atoms with Gasteiger partial charge < -0.3 is 19.7 Å². The lowest BCUT2D eigenvalue weighted by Gasteiger charge is -2.28. The van der Waals surface area contributed by atoms with E-state index in [1.54, 1.807) is 55.6 Å². The minimum atomic E-state index is -0.680. The van der Waals surface area contributed by atoms with Crippen molar-refractivity contribution in [3.8, 4) is 5.75 Å². The number of thiocarbonyl (C=S) groups is 1. The van der Waals surface area contributed by atoms with Crippen molar-refractivity contribution in [2.45, 2.75) is 18.9 Å². The van der Waals surface area contributed by atoms with Crippen molar-refractivity contribution < 1.29 is 19.1 Å². The van der Waals surface area contributed by atoms with Crippen molar-refractivity contribution in [3.05, 3.63) is 53.6 Å². The van der Waals surface area contributed by atoms with Crippen LogP contribution in [0.15, 0.2) is 48.5 Å². The van der Waals surface area contributed by atoms with Gasteiger partial charge >= 0.3 is 0 Å². The number of carbonyl (C=O) groups is 2. The summed E-state index contributed by atoms with van der Waals surface area (Å²) in [5.74, 6) is 0.227. The maximum absolute atomic E-state index is 13.5. The van der Waals surface area contributed by atoms with Crippen LogP contribution in [0.25, 0.3) is 0 Å². The Balaban J connectivity index is 1.46. The van der Waals surface area contributed by atoms with Gasteiger partial charge in [-0.3, -0.25) is 19.4 Å². The first-order chi connectivity index (χ1) is 17.0. The third-order valence-electron chi connectivity index (χ3n) is 6.13. The predicted octanol–water partition coefficient (Wildman–Crippen LogP) is 3.40. The number of amides is 2. The number of benzene rings is 2. The zero-order valence-corrected chi connectivity index (χ0v) is 21.2. The molecule has 2 aromatic carbocycles. The average molecular weight is 517 g/mol. The van der Waals surface area contributed by atoms with E-state index in [0.717, 1.165) is 39.3 Å². The van der Waals surface area contributed by atoms with E-state index in [9.17, 15) is 9.59 Å². The summed E-state index contributed by atoms with van der Waals surface area (Å²) < 4.78 is 10.6. The van der Waals surface area contributed by atoms with Crippen molar-refractivity contribution >= 4 is 52.1 Å². The van der Waals surface area contributed by atoms with E-state index in [1.165, 1.54) is 4.90 Å². The number of halogens is 1. The zero-order chi connectivity index (χ0) is 24.8. The topological polar surface area (TPSA) is 74.4 Å². The molecule has 2 amide bonds. The SMILES string of the molecule is COc1ccc(NC(=O)CC2C(=O)N(c3ccc(Cl)cc3)C(=S)N2CCCN2CCOCC2)cc1. The summed E-state index contributed by atoms with van der Waals surface area (Å²) in [6, 6.07) is 13.4. The predicted molar refractivity (Wildman–Crippen MR) is 140 cm³/mol. The lowest BCUT2D eigenvalue weighted by molar-refractivity contribution is -0.124.